The lowest BCUT2D eigenvalue weighted by Gasteiger charge is -2.21. The van der Waals surface area contributed by atoms with Crippen LogP contribution in [-0.4, -0.2) is 24.8 Å². The first-order valence-corrected chi connectivity index (χ1v) is 5.77. The number of esters is 1. The molecule has 1 N–H and O–H groups in total. The number of carbonyl (C=O) groups excluding carboxylic acids is 1. The summed E-state index contributed by atoms with van der Waals surface area (Å²) in [5, 5.41) is 9.69. The number of hydrogen-bond donors (Lipinski definition) is 1. The molecular weight excluding hydrogens is 239 g/mol. The van der Waals surface area contributed by atoms with Gasteiger partial charge in [-0.1, -0.05) is 12.1 Å². The zero-order valence-corrected chi connectivity index (χ0v) is 10.1. The Hall–Kier alpha value is -1.46. The summed E-state index contributed by atoms with van der Waals surface area (Å²) < 4.78 is 23.5. The summed E-state index contributed by atoms with van der Waals surface area (Å²) in [5.41, 5.74) is -0.265. The van der Waals surface area contributed by atoms with Crippen molar-refractivity contribution in [1.82, 2.24) is 0 Å². The quantitative estimate of drug-likeness (QED) is 0.644. The van der Waals surface area contributed by atoms with Crippen molar-refractivity contribution in [2.45, 2.75) is 18.9 Å². The third kappa shape index (κ3) is 2.86. The van der Waals surface area contributed by atoms with Crippen molar-refractivity contribution in [2.75, 3.05) is 13.7 Å². The molecule has 0 saturated heterocycles. The maximum atomic E-state index is 14.1. The van der Waals surface area contributed by atoms with Crippen LogP contribution in [0.15, 0.2) is 24.3 Å². The van der Waals surface area contributed by atoms with Crippen LogP contribution in [0.2, 0.25) is 0 Å². The number of halogens is 1. The number of aliphatic hydroxyl groups is 1. The standard InChI is InChI=1S/C13H15FO4/c1-17-12(15)10-4-2-3-5-11(10)13(14,16)18-8-9-6-7-9/h2-5,9,16H,6-8H2,1H3. The Morgan fingerprint density at radius 2 is 2.17 bits per heavy atom. The first-order chi connectivity index (χ1) is 8.54. The van der Waals surface area contributed by atoms with Crippen molar-refractivity contribution >= 4 is 5.97 Å². The fraction of sp³-hybridized carbons (Fsp3) is 0.462. The molecule has 1 aliphatic rings. The van der Waals surface area contributed by atoms with Gasteiger partial charge in [0.05, 0.1) is 24.8 Å². The number of alkyl halides is 1. The molecule has 1 aromatic carbocycles. The topological polar surface area (TPSA) is 55.8 Å². The zero-order chi connectivity index (χ0) is 13.2. The van der Waals surface area contributed by atoms with Gasteiger partial charge in [-0.2, -0.15) is 4.39 Å². The first-order valence-electron chi connectivity index (χ1n) is 5.77. The van der Waals surface area contributed by atoms with Crippen molar-refractivity contribution in [1.29, 1.82) is 0 Å². The summed E-state index contributed by atoms with van der Waals surface area (Å²) in [6, 6.07) is 2.80. The van der Waals surface area contributed by atoms with E-state index >= 15 is 0 Å². The highest BCUT2D eigenvalue weighted by molar-refractivity contribution is 5.91. The van der Waals surface area contributed by atoms with Gasteiger partial charge in [-0.05, 0) is 30.9 Å². The molecule has 98 valence electrons. The summed E-state index contributed by atoms with van der Waals surface area (Å²) in [4.78, 5) is 11.5. The molecule has 18 heavy (non-hydrogen) atoms. The Morgan fingerprint density at radius 1 is 1.50 bits per heavy atom. The maximum Gasteiger partial charge on any atom is 0.347 e. The second-order valence-electron chi connectivity index (χ2n) is 4.35. The van der Waals surface area contributed by atoms with Gasteiger partial charge in [0, 0.05) is 0 Å². The minimum Gasteiger partial charge on any atom is -0.465 e. The summed E-state index contributed by atoms with van der Waals surface area (Å²) >= 11 is 0. The monoisotopic (exact) mass is 254 g/mol. The van der Waals surface area contributed by atoms with Crippen molar-refractivity contribution in [2.24, 2.45) is 5.92 Å². The highest BCUT2D eigenvalue weighted by Crippen LogP contribution is 2.34. The van der Waals surface area contributed by atoms with E-state index < -0.39 is 12.0 Å². The zero-order valence-electron chi connectivity index (χ0n) is 10.1. The first kappa shape index (κ1) is 13.0. The third-order valence-corrected chi connectivity index (χ3v) is 2.87. The van der Waals surface area contributed by atoms with Gasteiger partial charge in [-0.3, -0.25) is 0 Å². The molecule has 2 rings (SSSR count). The van der Waals surface area contributed by atoms with Crippen LogP contribution < -0.4 is 0 Å². The second kappa shape index (κ2) is 5.04. The molecule has 1 aromatic rings. The number of methoxy groups -OCH3 is 1. The van der Waals surface area contributed by atoms with Crippen molar-refractivity contribution < 1.29 is 23.8 Å². The molecule has 0 amide bonds. The van der Waals surface area contributed by atoms with E-state index in [9.17, 15) is 14.3 Å². The minimum atomic E-state index is -2.96. The van der Waals surface area contributed by atoms with Gasteiger partial charge in [0.2, 0.25) is 0 Å². The Labute approximate surface area is 104 Å². The van der Waals surface area contributed by atoms with Crippen molar-refractivity contribution in [3.63, 3.8) is 0 Å². The van der Waals surface area contributed by atoms with Gasteiger partial charge in [-0.15, -0.1) is 0 Å². The second-order valence-corrected chi connectivity index (χ2v) is 4.35. The lowest BCUT2D eigenvalue weighted by Crippen LogP contribution is -2.27. The summed E-state index contributed by atoms with van der Waals surface area (Å²) in [6.07, 6.45) is 1.96. The van der Waals surface area contributed by atoms with Crippen molar-refractivity contribution in [3.8, 4) is 0 Å². The smallest absolute Gasteiger partial charge is 0.347 e. The highest BCUT2D eigenvalue weighted by Gasteiger charge is 2.36. The van der Waals surface area contributed by atoms with E-state index in [4.69, 9.17) is 4.74 Å². The van der Waals surface area contributed by atoms with E-state index in [2.05, 4.69) is 4.74 Å². The summed E-state index contributed by atoms with van der Waals surface area (Å²) in [5.74, 6) is -0.408. The van der Waals surface area contributed by atoms with Crippen LogP contribution in [0.4, 0.5) is 4.39 Å². The Kier molecular flexibility index (Phi) is 3.63. The predicted molar refractivity (Wildman–Crippen MR) is 61.5 cm³/mol. The molecule has 1 unspecified atom stereocenters. The van der Waals surface area contributed by atoms with Gasteiger partial charge in [0.15, 0.2) is 0 Å². The molecule has 0 aliphatic heterocycles. The lowest BCUT2D eigenvalue weighted by molar-refractivity contribution is -0.303. The molecular formula is C13H15FO4. The van der Waals surface area contributed by atoms with Gasteiger partial charge in [0.25, 0.3) is 0 Å². The number of ether oxygens (including phenoxy) is 2. The predicted octanol–water partition coefficient (Wildman–Crippen LogP) is 1.97. The van der Waals surface area contributed by atoms with Gasteiger partial charge in [0.1, 0.15) is 0 Å². The maximum absolute atomic E-state index is 14.1. The number of hydrogen-bond acceptors (Lipinski definition) is 4. The summed E-state index contributed by atoms with van der Waals surface area (Å²) in [7, 11) is 1.20. The molecule has 0 bridgehead atoms. The fourth-order valence-electron chi connectivity index (χ4n) is 1.63. The van der Waals surface area contributed by atoms with E-state index in [-0.39, 0.29) is 17.7 Å². The molecule has 0 radical (unpaired) electrons. The van der Waals surface area contributed by atoms with E-state index in [1.807, 2.05) is 0 Å². The van der Waals surface area contributed by atoms with E-state index in [0.717, 1.165) is 12.8 Å². The fourth-order valence-corrected chi connectivity index (χ4v) is 1.63. The van der Waals surface area contributed by atoms with Crippen LogP contribution in [0.25, 0.3) is 0 Å². The van der Waals surface area contributed by atoms with E-state index in [1.54, 1.807) is 6.07 Å². The average molecular weight is 254 g/mol. The van der Waals surface area contributed by atoms with E-state index in [1.165, 1.54) is 25.3 Å². The van der Waals surface area contributed by atoms with Crippen LogP contribution in [0, 0.1) is 5.92 Å². The average Bonchev–Trinajstić information content (AvgIpc) is 3.19. The van der Waals surface area contributed by atoms with E-state index in [0.29, 0.717) is 5.92 Å². The van der Waals surface area contributed by atoms with Gasteiger partial charge >= 0.3 is 12.0 Å². The largest absolute Gasteiger partial charge is 0.465 e. The molecule has 4 nitrogen and oxygen atoms in total. The van der Waals surface area contributed by atoms with Crippen LogP contribution in [0.1, 0.15) is 28.8 Å². The summed E-state index contributed by atoms with van der Waals surface area (Å²) in [6.45, 7) is 0.141. The number of rotatable bonds is 5. The van der Waals surface area contributed by atoms with Crippen LogP contribution in [0.5, 0.6) is 0 Å². The molecule has 0 aromatic heterocycles. The third-order valence-electron chi connectivity index (χ3n) is 2.87. The molecule has 1 saturated carbocycles. The van der Waals surface area contributed by atoms with Gasteiger partial charge < -0.3 is 14.6 Å². The Bertz CT molecular complexity index is 440. The van der Waals surface area contributed by atoms with Crippen LogP contribution in [-0.2, 0) is 15.5 Å². The Morgan fingerprint density at radius 3 is 2.78 bits per heavy atom. The number of benzene rings is 1. The van der Waals surface area contributed by atoms with Crippen LogP contribution in [0.3, 0.4) is 0 Å². The normalized spacial score (nSPS) is 18.2. The van der Waals surface area contributed by atoms with Crippen LogP contribution >= 0.6 is 0 Å². The molecule has 0 heterocycles. The van der Waals surface area contributed by atoms with Crippen molar-refractivity contribution in [3.05, 3.63) is 35.4 Å². The molecule has 0 spiro atoms. The lowest BCUT2D eigenvalue weighted by atomic mass is 10.1. The number of carbonyl (C=O) groups is 1. The highest BCUT2D eigenvalue weighted by atomic mass is 19.2. The molecule has 1 atom stereocenters. The molecule has 1 aliphatic carbocycles. The SMILES string of the molecule is COC(=O)c1ccccc1C(O)(F)OCC1CC1. The van der Waals surface area contributed by atoms with Gasteiger partial charge in [-0.25, -0.2) is 4.79 Å². The molecule has 1 fully saturated rings. The Balaban J connectivity index is 2.21. The molecule has 5 heteroatoms. The minimum absolute atomic E-state index is 0.0409.